The molecule has 9 heteroatoms. The minimum atomic E-state index is -4.72. The van der Waals surface area contributed by atoms with Gasteiger partial charge >= 0.3 is 171 Å². The molecule has 0 aliphatic rings. The molecule has 2 heterocycles. The van der Waals surface area contributed by atoms with E-state index in [1.807, 2.05) is 30.3 Å². The third-order valence-corrected chi connectivity index (χ3v) is 12.6. The average molecular weight is 753 g/mol. The van der Waals surface area contributed by atoms with Gasteiger partial charge in [-0.2, -0.15) is 0 Å². The number of halogens is 1. The van der Waals surface area contributed by atoms with Crippen LogP contribution in [0.2, 0.25) is 0 Å². The van der Waals surface area contributed by atoms with Gasteiger partial charge in [0.25, 0.3) is 0 Å². The van der Waals surface area contributed by atoms with E-state index in [1.165, 1.54) is 0 Å². The maximum absolute atomic E-state index is 11.8. The smallest absolute Gasteiger partial charge is 0.0964 e. The molecule has 0 N–H and O–H groups in total. The Bertz CT molecular complexity index is 1550. The van der Waals surface area contributed by atoms with Gasteiger partial charge in [-0.25, -0.2) is 0 Å². The van der Waals surface area contributed by atoms with Crippen molar-refractivity contribution in [3.63, 3.8) is 0 Å². The molecule has 6 rings (SSSR count). The van der Waals surface area contributed by atoms with Crippen molar-refractivity contribution >= 4 is 44.5 Å². The molecule has 0 atom stereocenters. The van der Waals surface area contributed by atoms with Crippen molar-refractivity contribution in [1.82, 2.24) is 9.97 Å². The van der Waals surface area contributed by atoms with Crippen LogP contribution in [0.15, 0.2) is 140 Å². The van der Waals surface area contributed by atoms with Crippen LogP contribution in [-0.4, -0.2) is 9.97 Å². The van der Waals surface area contributed by atoms with E-state index in [4.69, 9.17) is 4.08 Å². The molecule has 0 amide bonds. The van der Waals surface area contributed by atoms with Crippen LogP contribution >= 0.6 is 6.83 Å². The number of nitrogens with zero attached hydrogens (tertiary/aromatic N) is 2. The number of pyridine rings is 2. The molecule has 0 fully saturated rings. The number of rotatable bonds is 5. The summed E-state index contributed by atoms with van der Waals surface area (Å²) < 4.78 is 40.7. The van der Waals surface area contributed by atoms with Crippen molar-refractivity contribution in [3.05, 3.63) is 146 Å². The fourth-order valence-electron chi connectivity index (χ4n) is 4.66. The Labute approximate surface area is 250 Å². The summed E-state index contributed by atoms with van der Waals surface area (Å²) in [5, 5.41) is 3.94. The monoisotopic (exact) mass is 752 g/mol. The van der Waals surface area contributed by atoms with Crippen LogP contribution in [0.25, 0.3) is 21.8 Å². The molecule has 0 saturated carbocycles. The number of hydrogen-bond donors (Lipinski definition) is 0. The average Bonchev–Trinajstić information content (AvgIpc) is 2.98. The Balaban J connectivity index is 0.000000208. The maximum Gasteiger partial charge on any atom is 0.0964 e. The van der Waals surface area contributed by atoms with Crippen molar-refractivity contribution in [3.8, 4) is 0 Å². The Kier molecular flexibility index (Phi) is 9.18. The Morgan fingerprint density at radius 1 is 0.525 bits per heavy atom. The van der Waals surface area contributed by atoms with E-state index in [0.29, 0.717) is 15.9 Å². The summed E-state index contributed by atoms with van der Waals surface area (Å²) in [6, 6.07) is 38.6. The summed E-state index contributed by atoms with van der Waals surface area (Å²) in [7, 11) is -4.72. The van der Waals surface area contributed by atoms with E-state index >= 15 is 0 Å². The maximum atomic E-state index is 11.8. The van der Waals surface area contributed by atoms with E-state index in [0.717, 1.165) is 21.8 Å². The third kappa shape index (κ3) is 5.87. The molecule has 0 bridgehead atoms. The second-order valence-corrected chi connectivity index (χ2v) is 14.2. The van der Waals surface area contributed by atoms with Gasteiger partial charge < -0.3 is 0 Å². The zero-order chi connectivity index (χ0) is 27.4. The summed E-state index contributed by atoms with van der Waals surface area (Å²) in [6.07, 6.45) is 3.60. The van der Waals surface area contributed by atoms with Gasteiger partial charge in [-0.15, -0.1) is 0 Å². The normalized spacial score (nSPS) is 12.4. The van der Waals surface area contributed by atoms with Gasteiger partial charge in [0.05, 0.1) is 11.0 Å². The summed E-state index contributed by atoms with van der Waals surface area (Å²) in [4.78, 5) is 8.69. The van der Waals surface area contributed by atoms with Gasteiger partial charge in [0.1, 0.15) is 0 Å². The quantitative estimate of drug-likeness (QED) is 0.116. The number of hydrogen-bond acceptors (Lipinski definition) is 6. The van der Waals surface area contributed by atoms with Crippen molar-refractivity contribution < 1.29 is 50.7 Å². The summed E-state index contributed by atoms with van der Waals surface area (Å²) in [5.41, 5.74) is 1.95. The van der Waals surface area contributed by atoms with E-state index in [2.05, 4.69) is 40.9 Å². The number of aromatic nitrogens is 2. The van der Waals surface area contributed by atoms with E-state index < -0.39 is 17.1 Å². The first kappa shape index (κ1) is 30.0. The van der Waals surface area contributed by atoms with Crippen LogP contribution < -0.4 is 29.9 Å². The van der Waals surface area contributed by atoms with Crippen molar-refractivity contribution in [2.24, 2.45) is 0 Å². The number of fused-ring (bicyclic) bond motifs is 3. The molecule has 6 aromatic rings. The van der Waals surface area contributed by atoms with Gasteiger partial charge in [-0.1, -0.05) is 24.3 Å². The first-order valence-electron chi connectivity index (χ1n) is 12.1. The van der Waals surface area contributed by atoms with Crippen LogP contribution in [-0.2, 0) is 26.5 Å². The predicted octanol–water partition coefficient (Wildman–Crippen LogP) is 2.92. The van der Waals surface area contributed by atoms with Gasteiger partial charge in [-0.05, 0) is 12.1 Å². The minimum absolute atomic E-state index is 0. The second kappa shape index (κ2) is 12.3. The first-order valence-corrected chi connectivity index (χ1v) is 15.6. The van der Waals surface area contributed by atoms with E-state index in [1.54, 1.807) is 85.2 Å². The second-order valence-electron chi connectivity index (χ2n) is 8.88. The zero-order valence-electron chi connectivity index (χ0n) is 21.1. The Morgan fingerprint density at radius 2 is 0.875 bits per heavy atom. The van der Waals surface area contributed by atoms with Crippen molar-refractivity contribution in [2.45, 2.75) is 0 Å². The Hall–Kier alpha value is -3.00. The van der Waals surface area contributed by atoms with E-state index in [9.17, 15) is 14.0 Å². The molecular weight excluding hydrogens is 728 g/mol. The molecule has 0 aliphatic carbocycles. The number of benzene rings is 4. The minimum Gasteiger partial charge on any atom is -0.254 e. The fraction of sp³-hybridized carbons (Fsp3) is 0. The molecule has 2 aromatic heterocycles. The van der Waals surface area contributed by atoms with Gasteiger partial charge in [-0.3, -0.25) is 9.97 Å². The summed E-state index contributed by atoms with van der Waals surface area (Å²) >= 11 is 0. The molecule has 206 valence electrons. The van der Waals surface area contributed by atoms with Gasteiger partial charge in [0.15, 0.2) is 0 Å². The zero-order valence-corrected chi connectivity index (χ0v) is 25.0. The molecular formula is C31H25AuClN2O4P. The van der Waals surface area contributed by atoms with Crippen molar-refractivity contribution in [2.75, 3.05) is 0 Å². The molecule has 6 nitrogen and oxygen atoms in total. The van der Waals surface area contributed by atoms with Gasteiger partial charge in [0, 0.05) is 23.2 Å². The van der Waals surface area contributed by atoms with Crippen LogP contribution in [0.4, 0.5) is 0 Å². The molecule has 40 heavy (non-hydrogen) atoms. The van der Waals surface area contributed by atoms with Crippen LogP contribution in [0.3, 0.4) is 0 Å². The molecule has 0 spiro atoms. The predicted molar refractivity (Wildman–Crippen MR) is 149 cm³/mol. The Morgan fingerprint density at radius 3 is 1.20 bits per heavy atom. The fourth-order valence-corrected chi connectivity index (χ4v) is 10.4. The molecule has 0 saturated heterocycles. The molecule has 0 unspecified atom stereocenters. The van der Waals surface area contributed by atoms with Crippen LogP contribution in [0, 0.1) is 16.9 Å². The van der Waals surface area contributed by atoms with E-state index in [-0.39, 0.29) is 22.4 Å². The first-order chi connectivity index (χ1) is 18.8. The molecule has 0 radical (unpaired) electrons. The van der Waals surface area contributed by atoms with Crippen molar-refractivity contribution in [1.29, 1.82) is 0 Å². The standard InChI is InChI=1S/C19H17ClO4P.C12H8N2.Au/c1-25(24-20(21,22)23,17-11-5-2-6-12-17,18-13-7-3-8-14-18)19-15-9-4-10-16-19;1-3-9-5-6-10-4-2-8-14-12(10)11(9)13-7-1;/h2-16H,1H2;1-8H;/q-1;;+1. The summed E-state index contributed by atoms with van der Waals surface area (Å²) in [6.45, 7) is 0.0854. The van der Waals surface area contributed by atoms with Gasteiger partial charge in [0.2, 0.25) is 0 Å². The molecule has 4 aromatic carbocycles. The molecule has 0 aliphatic heterocycles. The van der Waals surface area contributed by atoms with Crippen LogP contribution in [0.5, 0.6) is 0 Å². The SMILES string of the molecule is [Au+].[CH2-]P(O[Cl+3]([O-])([O-])[O-])(c1ccccc1)(c1ccccc1)c1ccccc1.c1cnc2c(c1)ccc1cccnc12. The largest absolute Gasteiger partial charge is 0.254 e. The topological polar surface area (TPSA) is 104 Å². The third-order valence-electron chi connectivity index (χ3n) is 6.49. The summed E-state index contributed by atoms with van der Waals surface area (Å²) in [5.74, 6) is 0. The van der Waals surface area contributed by atoms with Crippen LogP contribution in [0.1, 0.15) is 0 Å².